The Morgan fingerprint density at radius 1 is 1.19 bits per heavy atom. The zero-order chi connectivity index (χ0) is 18.7. The first-order valence-corrected chi connectivity index (χ1v) is 9.60. The van der Waals surface area contributed by atoms with Crippen LogP contribution < -0.4 is 5.32 Å². The first-order chi connectivity index (χ1) is 12.4. The largest absolute Gasteiger partial charge is 0.378 e. The Hall–Kier alpha value is -1.73. The van der Waals surface area contributed by atoms with Crippen molar-refractivity contribution in [3.8, 4) is 0 Å². The number of morpholine rings is 1. The van der Waals surface area contributed by atoms with Gasteiger partial charge in [-0.25, -0.2) is 4.68 Å². The Kier molecular flexibility index (Phi) is 5.77. The van der Waals surface area contributed by atoms with Gasteiger partial charge in [0.05, 0.1) is 24.5 Å². The fraction of sp³-hybridized carbons (Fsp3) is 0.737. The maximum atomic E-state index is 13.1. The first-order valence-electron chi connectivity index (χ1n) is 9.60. The van der Waals surface area contributed by atoms with Crippen LogP contribution in [0.25, 0.3) is 0 Å². The van der Waals surface area contributed by atoms with Gasteiger partial charge in [-0.15, -0.1) is 0 Å². The summed E-state index contributed by atoms with van der Waals surface area (Å²) in [6.07, 6.45) is 4.62. The predicted octanol–water partition coefficient (Wildman–Crippen LogP) is 1.90. The van der Waals surface area contributed by atoms with E-state index in [1.54, 1.807) is 6.20 Å². The molecule has 2 saturated heterocycles. The van der Waals surface area contributed by atoms with Crippen molar-refractivity contribution in [2.24, 2.45) is 5.41 Å². The van der Waals surface area contributed by atoms with Crippen LogP contribution in [-0.4, -0.2) is 65.9 Å². The molecule has 0 aromatic carbocycles. The molecule has 26 heavy (non-hydrogen) atoms. The van der Waals surface area contributed by atoms with Gasteiger partial charge in [0.25, 0.3) is 11.8 Å². The minimum absolute atomic E-state index is 0.0338. The Morgan fingerprint density at radius 3 is 2.62 bits per heavy atom. The minimum atomic E-state index is -0.548. The number of carbonyl (C=O) groups is 2. The smallest absolute Gasteiger partial charge is 0.257 e. The number of nitrogens with one attached hydrogen (secondary N) is 1. The molecular weight excluding hydrogens is 332 g/mol. The third-order valence-electron chi connectivity index (χ3n) is 5.08. The van der Waals surface area contributed by atoms with Gasteiger partial charge in [-0.1, -0.05) is 20.8 Å². The molecule has 0 bridgehead atoms. The molecule has 2 aliphatic heterocycles. The van der Waals surface area contributed by atoms with E-state index >= 15 is 0 Å². The average Bonchev–Trinajstić information content (AvgIpc) is 2.88. The lowest BCUT2D eigenvalue weighted by Crippen LogP contribution is -2.41. The number of hydrogen-bond acceptors (Lipinski definition) is 5. The molecule has 1 aromatic heterocycles. The van der Waals surface area contributed by atoms with E-state index in [0.717, 1.165) is 38.0 Å². The quantitative estimate of drug-likeness (QED) is 0.870. The van der Waals surface area contributed by atoms with Gasteiger partial charge in [0.15, 0.2) is 0 Å². The van der Waals surface area contributed by atoms with Crippen LogP contribution in [0.1, 0.15) is 66.8 Å². The van der Waals surface area contributed by atoms with Crippen molar-refractivity contribution >= 4 is 11.8 Å². The highest BCUT2D eigenvalue weighted by Crippen LogP contribution is 2.29. The third-order valence-corrected chi connectivity index (χ3v) is 5.08. The van der Waals surface area contributed by atoms with Gasteiger partial charge < -0.3 is 15.0 Å². The third kappa shape index (κ3) is 4.15. The first kappa shape index (κ1) is 19.0. The molecule has 1 unspecified atom stereocenters. The van der Waals surface area contributed by atoms with Gasteiger partial charge in [-0.2, -0.15) is 5.10 Å². The molecule has 3 rings (SSSR count). The SMILES string of the molecule is CC(C)(C)C(=O)n1cc(C(=O)N2CCOCC2)c(C2CCCNCC2)n1. The fourth-order valence-electron chi connectivity index (χ4n) is 3.53. The normalized spacial score (nSPS) is 22.1. The highest BCUT2D eigenvalue weighted by Gasteiger charge is 2.31. The van der Waals surface area contributed by atoms with Crippen molar-refractivity contribution in [1.29, 1.82) is 0 Å². The van der Waals surface area contributed by atoms with Gasteiger partial charge in [0.2, 0.25) is 0 Å². The number of rotatable bonds is 2. The van der Waals surface area contributed by atoms with Crippen LogP contribution in [0.4, 0.5) is 0 Å². The van der Waals surface area contributed by atoms with E-state index in [1.807, 2.05) is 25.7 Å². The second-order valence-electron chi connectivity index (χ2n) is 8.21. The maximum Gasteiger partial charge on any atom is 0.257 e. The van der Waals surface area contributed by atoms with Crippen LogP contribution in [0.3, 0.4) is 0 Å². The summed E-state index contributed by atoms with van der Waals surface area (Å²) >= 11 is 0. The molecule has 1 N–H and O–H groups in total. The molecule has 0 spiro atoms. The van der Waals surface area contributed by atoms with E-state index in [9.17, 15) is 9.59 Å². The molecule has 1 atom stereocenters. The van der Waals surface area contributed by atoms with Crippen molar-refractivity contribution < 1.29 is 14.3 Å². The Balaban J connectivity index is 1.95. The van der Waals surface area contributed by atoms with Crippen LogP contribution in [0.2, 0.25) is 0 Å². The molecule has 0 aliphatic carbocycles. The summed E-state index contributed by atoms with van der Waals surface area (Å²) in [6, 6.07) is 0. The lowest BCUT2D eigenvalue weighted by atomic mass is 9.94. The highest BCUT2D eigenvalue weighted by atomic mass is 16.5. The van der Waals surface area contributed by atoms with E-state index in [2.05, 4.69) is 10.4 Å². The van der Waals surface area contributed by atoms with Gasteiger partial charge >= 0.3 is 0 Å². The second kappa shape index (κ2) is 7.88. The molecule has 7 nitrogen and oxygen atoms in total. The monoisotopic (exact) mass is 362 g/mol. The zero-order valence-corrected chi connectivity index (χ0v) is 16.1. The number of nitrogens with zero attached hydrogens (tertiary/aromatic N) is 3. The van der Waals surface area contributed by atoms with Crippen LogP contribution >= 0.6 is 0 Å². The van der Waals surface area contributed by atoms with Crippen molar-refractivity contribution in [3.05, 3.63) is 17.5 Å². The molecule has 2 fully saturated rings. The van der Waals surface area contributed by atoms with Crippen molar-refractivity contribution in [2.75, 3.05) is 39.4 Å². The standard InChI is InChI=1S/C19H30N4O3/c1-19(2,3)18(25)23-13-15(17(24)22-9-11-26-12-10-22)16(21-23)14-5-4-7-20-8-6-14/h13-14,20H,4-12H2,1-3H3. The summed E-state index contributed by atoms with van der Waals surface area (Å²) < 4.78 is 6.75. The van der Waals surface area contributed by atoms with Crippen LogP contribution in [0.5, 0.6) is 0 Å². The summed E-state index contributed by atoms with van der Waals surface area (Å²) in [7, 11) is 0. The number of ether oxygens (including phenoxy) is 1. The number of aromatic nitrogens is 2. The van der Waals surface area contributed by atoms with Crippen molar-refractivity contribution in [2.45, 2.75) is 46.0 Å². The molecule has 1 aromatic rings. The van der Waals surface area contributed by atoms with Crippen LogP contribution in [0, 0.1) is 5.41 Å². The Bertz CT molecular complexity index is 648. The van der Waals surface area contributed by atoms with Crippen LogP contribution in [0.15, 0.2) is 6.20 Å². The molecule has 7 heteroatoms. The molecule has 144 valence electrons. The molecule has 0 saturated carbocycles. The number of hydrogen-bond donors (Lipinski definition) is 1. The Labute approximate surface area is 155 Å². The molecule has 1 amide bonds. The van der Waals surface area contributed by atoms with Crippen LogP contribution in [-0.2, 0) is 4.74 Å². The fourth-order valence-corrected chi connectivity index (χ4v) is 3.53. The van der Waals surface area contributed by atoms with E-state index < -0.39 is 5.41 Å². The predicted molar refractivity (Wildman–Crippen MR) is 98.5 cm³/mol. The summed E-state index contributed by atoms with van der Waals surface area (Å²) in [5.74, 6) is 0.0824. The van der Waals surface area contributed by atoms with Gasteiger partial charge in [0.1, 0.15) is 0 Å². The van der Waals surface area contributed by atoms with E-state index in [0.29, 0.717) is 31.9 Å². The zero-order valence-electron chi connectivity index (χ0n) is 16.1. The van der Waals surface area contributed by atoms with E-state index in [-0.39, 0.29) is 17.7 Å². The van der Waals surface area contributed by atoms with Gasteiger partial charge in [0, 0.05) is 30.6 Å². The number of amides is 1. The van der Waals surface area contributed by atoms with Gasteiger partial charge in [-0.05, 0) is 32.4 Å². The summed E-state index contributed by atoms with van der Waals surface area (Å²) in [6.45, 7) is 9.81. The molecular formula is C19H30N4O3. The Morgan fingerprint density at radius 2 is 1.92 bits per heavy atom. The molecule has 0 radical (unpaired) electrons. The maximum absolute atomic E-state index is 13.1. The lowest BCUT2D eigenvalue weighted by Gasteiger charge is -2.27. The van der Waals surface area contributed by atoms with Gasteiger partial charge in [-0.3, -0.25) is 9.59 Å². The molecule has 3 heterocycles. The minimum Gasteiger partial charge on any atom is -0.378 e. The summed E-state index contributed by atoms with van der Waals surface area (Å²) in [5.41, 5.74) is 0.812. The van der Waals surface area contributed by atoms with Crippen molar-refractivity contribution in [1.82, 2.24) is 20.0 Å². The highest BCUT2D eigenvalue weighted by molar-refractivity contribution is 5.96. The van der Waals surface area contributed by atoms with Crippen molar-refractivity contribution in [3.63, 3.8) is 0 Å². The summed E-state index contributed by atoms with van der Waals surface area (Å²) in [4.78, 5) is 27.7. The summed E-state index contributed by atoms with van der Waals surface area (Å²) in [5, 5.41) is 8.02. The average molecular weight is 362 g/mol. The molecule has 2 aliphatic rings. The lowest BCUT2D eigenvalue weighted by molar-refractivity contribution is 0.0301. The van der Waals surface area contributed by atoms with E-state index in [4.69, 9.17) is 4.74 Å². The second-order valence-corrected chi connectivity index (χ2v) is 8.21. The number of carbonyl (C=O) groups excluding carboxylic acids is 2. The topological polar surface area (TPSA) is 76.5 Å². The van der Waals surface area contributed by atoms with E-state index in [1.165, 1.54) is 4.68 Å².